The molecule has 0 unspecified atom stereocenters. The smallest absolute Gasteiger partial charge is 0.0317 e. The first-order chi connectivity index (χ1) is 8.24. The van der Waals surface area contributed by atoms with Gasteiger partial charge in [-0.15, -0.1) is 11.3 Å². The number of hydrogen-bond donors (Lipinski definition) is 2. The number of nitrogen functional groups attached to an aromatic ring is 1. The molecule has 0 spiro atoms. The van der Waals surface area contributed by atoms with E-state index in [2.05, 4.69) is 38.8 Å². The van der Waals surface area contributed by atoms with Crippen LogP contribution in [0, 0.1) is 0 Å². The standard InChI is InChI=1S/C13H15BrN2S/c14-11-7-13(17-9-11)4-5-16-8-10-2-1-3-12(15)6-10/h1-3,6-7,9,16H,4-5,8,15H2. The maximum Gasteiger partial charge on any atom is 0.0317 e. The first-order valence-corrected chi connectivity index (χ1v) is 7.19. The molecule has 0 atom stereocenters. The zero-order chi connectivity index (χ0) is 12.1. The maximum absolute atomic E-state index is 5.73. The summed E-state index contributed by atoms with van der Waals surface area (Å²) in [6, 6.07) is 10.2. The largest absolute Gasteiger partial charge is 0.399 e. The summed E-state index contributed by atoms with van der Waals surface area (Å²) in [5.74, 6) is 0. The van der Waals surface area contributed by atoms with E-state index in [9.17, 15) is 0 Å². The number of rotatable bonds is 5. The van der Waals surface area contributed by atoms with E-state index in [0.717, 1.165) is 25.2 Å². The van der Waals surface area contributed by atoms with Gasteiger partial charge in [-0.2, -0.15) is 0 Å². The summed E-state index contributed by atoms with van der Waals surface area (Å²) >= 11 is 5.25. The number of thiophene rings is 1. The third-order valence-electron chi connectivity index (χ3n) is 2.45. The Kier molecular flexibility index (Phi) is 4.59. The maximum atomic E-state index is 5.73. The van der Waals surface area contributed by atoms with Crippen LogP contribution in [0.3, 0.4) is 0 Å². The van der Waals surface area contributed by atoms with E-state index < -0.39 is 0 Å². The van der Waals surface area contributed by atoms with Crippen molar-refractivity contribution >= 4 is 33.0 Å². The molecule has 90 valence electrons. The minimum Gasteiger partial charge on any atom is -0.399 e. The van der Waals surface area contributed by atoms with Crippen molar-refractivity contribution in [2.45, 2.75) is 13.0 Å². The Morgan fingerprint density at radius 3 is 2.88 bits per heavy atom. The van der Waals surface area contributed by atoms with E-state index in [0.29, 0.717) is 0 Å². The van der Waals surface area contributed by atoms with Crippen molar-refractivity contribution in [1.29, 1.82) is 0 Å². The van der Waals surface area contributed by atoms with Crippen LogP contribution < -0.4 is 11.1 Å². The van der Waals surface area contributed by atoms with Gasteiger partial charge in [0.2, 0.25) is 0 Å². The zero-order valence-corrected chi connectivity index (χ0v) is 11.9. The Labute approximate surface area is 114 Å². The van der Waals surface area contributed by atoms with Crippen molar-refractivity contribution < 1.29 is 0 Å². The second-order valence-electron chi connectivity index (χ2n) is 3.90. The normalized spacial score (nSPS) is 10.6. The van der Waals surface area contributed by atoms with E-state index in [1.54, 1.807) is 11.3 Å². The van der Waals surface area contributed by atoms with Crippen LogP contribution in [-0.2, 0) is 13.0 Å². The van der Waals surface area contributed by atoms with Crippen molar-refractivity contribution in [3.63, 3.8) is 0 Å². The highest BCUT2D eigenvalue weighted by Gasteiger charge is 1.98. The molecular formula is C13H15BrN2S. The molecular weight excluding hydrogens is 296 g/mol. The molecule has 2 rings (SSSR count). The second-order valence-corrected chi connectivity index (χ2v) is 5.81. The van der Waals surface area contributed by atoms with Crippen molar-refractivity contribution in [2.24, 2.45) is 0 Å². The molecule has 0 fully saturated rings. The summed E-state index contributed by atoms with van der Waals surface area (Å²) in [7, 11) is 0. The van der Waals surface area contributed by atoms with Gasteiger partial charge in [-0.25, -0.2) is 0 Å². The highest BCUT2D eigenvalue weighted by Crippen LogP contribution is 2.19. The van der Waals surface area contributed by atoms with E-state index in [1.165, 1.54) is 14.9 Å². The minimum absolute atomic E-state index is 0.825. The first kappa shape index (κ1) is 12.6. The lowest BCUT2D eigenvalue weighted by Gasteiger charge is -2.04. The van der Waals surface area contributed by atoms with Crippen LogP contribution in [-0.4, -0.2) is 6.54 Å². The Hall–Kier alpha value is -0.840. The number of hydrogen-bond acceptors (Lipinski definition) is 3. The second kappa shape index (κ2) is 6.19. The average Bonchev–Trinajstić information content (AvgIpc) is 2.71. The predicted molar refractivity (Wildman–Crippen MR) is 78.3 cm³/mol. The molecule has 2 aromatic rings. The molecule has 0 bridgehead atoms. The van der Waals surface area contributed by atoms with Crippen LogP contribution in [0.5, 0.6) is 0 Å². The molecule has 3 N–H and O–H groups in total. The Bertz CT molecular complexity index is 482. The van der Waals surface area contributed by atoms with E-state index in [4.69, 9.17) is 5.73 Å². The number of nitrogens with two attached hydrogens (primary N) is 1. The molecule has 0 saturated carbocycles. The molecule has 0 aliphatic heterocycles. The van der Waals surface area contributed by atoms with Gasteiger partial charge in [0.1, 0.15) is 0 Å². The quantitative estimate of drug-likeness (QED) is 0.656. The molecule has 2 nitrogen and oxygen atoms in total. The molecule has 17 heavy (non-hydrogen) atoms. The third kappa shape index (κ3) is 4.15. The van der Waals surface area contributed by atoms with Crippen molar-refractivity contribution in [3.05, 3.63) is 50.6 Å². The van der Waals surface area contributed by atoms with Gasteiger partial charge < -0.3 is 11.1 Å². The van der Waals surface area contributed by atoms with Gasteiger partial charge in [0.25, 0.3) is 0 Å². The summed E-state index contributed by atoms with van der Waals surface area (Å²) in [6.45, 7) is 1.86. The molecule has 0 aliphatic carbocycles. The van der Waals surface area contributed by atoms with E-state index in [1.807, 2.05) is 18.2 Å². The third-order valence-corrected chi connectivity index (χ3v) is 4.21. The Morgan fingerprint density at radius 2 is 2.18 bits per heavy atom. The Morgan fingerprint density at radius 1 is 1.29 bits per heavy atom. The average molecular weight is 311 g/mol. The molecule has 0 saturated heterocycles. The van der Waals surface area contributed by atoms with Crippen LogP contribution in [0.1, 0.15) is 10.4 Å². The van der Waals surface area contributed by atoms with Crippen LogP contribution in [0.4, 0.5) is 5.69 Å². The number of nitrogens with one attached hydrogen (secondary N) is 1. The SMILES string of the molecule is Nc1cccc(CNCCc2cc(Br)cs2)c1. The monoisotopic (exact) mass is 310 g/mol. The molecule has 1 heterocycles. The van der Waals surface area contributed by atoms with Gasteiger partial charge in [0, 0.05) is 33.5 Å². The van der Waals surface area contributed by atoms with Gasteiger partial charge >= 0.3 is 0 Å². The van der Waals surface area contributed by atoms with Gasteiger partial charge in [0.15, 0.2) is 0 Å². The fourth-order valence-electron chi connectivity index (χ4n) is 1.63. The van der Waals surface area contributed by atoms with Gasteiger partial charge in [-0.1, -0.05) is 12.1 Å². The lowest BCUT2D eigenvalue weighted by molar-refractivity contribution is 0.691. The summed E-state index contributed by atoms with van der Waals surface area (Å²) in [5, 5.41) is 5.54. The lowest BCUT2D eigenvalue weighted by atomic mass is 10.2. The number of anilines is 1. The first-order valence-electron chi connectivity index (χ1n) is 5.52. The van der Waals surface area contributed by atoms with Crippen molar-refractivity contribution in [2.75, 3.05) is 12.3 Å². The summed E-state index contributed by atoms with van der Waals surface area (Å²) in [5.41, 5.74) is 7.78. The highest BCUT2D eigenvalue weighted by molar-refractivity contribution is 9.10. The van der Waals surface area contributed by atoms with Gasteiger partial charge in [-0.05, 0) is 46.1 Å². The van der Waals surface area contributed by atoms with Crippen LogP contribution in [0.25, 0.3) is 0 Å². The topological polar surface area (TPSA) is 38.0 Å². The highest BCUT2D eigenvalue weighted by atomic mass is 79.9. The van der Waals surface area contributed by atoms with Crippen molar-refractivity contribution in [3.8, 4) is 0 Å². The fraction of sp³-hybridized carbons (Fsp3) is 0.231. The fourth-order valence-corrected chi connectivity index (χ4v) is 3.09. The Balaban J connectivity index is 1.73. The zero-order valence-electron chi connectivity index (χ0n) is 9.45. The summed E-state index contributed by atoms with van der Waals surface area (Å²) in [4.78, 5) is 1.40. The molecule has 0 radical (unpaired) electrons. The predicted octanol–water partition coefficient (Wildman–Crippen LogP) is 3.43. The van der Waals surface area contributed by atoms with Gasteiger partial charge in [0.05, 0.1) is 0 Å². The molecule has 1 aromatic heterocycles. The van der Waals surface area contributed by atoms with Crippen LogP contribution in [0.2, 0.25) is 0 Å². The number of benzene rings is 1. The molecule has 0 amide bonds. The summed E-state index contributed by atoms with van der Waals surface area (Å²) in [6.07, 6.45) is 1.07. The molecule has 0 aliphatic rings. The van der Waals surface area contributed by atoms with Crippen molar-refractivity contribution in [1.82, 2.24) is 5.32 Å². The van der Waals surface area contributed by atoms with Crippen LogP contribution >= 0.6 is 27.3 Å². The van der Waals surface area contributed by atoms with E-state index in [-0.39, 0.29) is 0 Å². The molecule has 4 heteroatoms. The molecule has 1 aromatic carbocycles. The number of halogens is 1. The summed E-state index contributed by atoms with van der Waals surface area (Å²) < 4.78 is 1.17. The van der Waals surface area contributed by atoms with Crippen LogP contribution in [0.15, 0.2) is 40.2 Å². The minimum atomic E-state index is 0.825. The van der Waals surface area contributed by atoms with Gasteiger partial charge in [-0.3, -0.25) is 0 Å². The lowest BCUT2D eigenvalue weighted by Crippen LogP contribution is -2.16. The van der Waals surface area contributed by atoms with E-state index >= 15 is 0 Å².